The number of ether oxygens (including phenoxy) is 2. The molecule has 0 aliphatic carbocycles. The summed E-state index contributed by atoms with van der Waals surface area (Å²) in [5.41, 5.74) is 4.22. The highest BCUT2D eigenvalue weighted by Gasteiger charge is 2.47. The van der Waals surface area contributed by atoms with Gasteiger partial charge in [0.05, 0.1) is 23.7 Å². The van der Waals surface area contributed by atoms with Crippen LogP contribution in [0.1, 0.15) is 53.9 Å². The number of halogens is 3. The lowest BCUT2D eigenvalue weighted by Crippen LogP contribution is -2.50. The first-order valence-electron chi connectivity index (χ1n) is 16.9. The van der Waals surface area contributed by atoms with Crippen molar-refractivity contribution in [3.63, 3.8) is 0 Å². The molecule has 0 spiro atoms. The first kappa shape index (κ1) is 36.2. The van der Waals surface area contributed by atoms with E-state index in [4.69, 9.17) is 9.47 Å². The second kappa shape index (κ2) is 15.8. The third kappa shape index (κ3) is 8.84. The Morgan fingerprint density at radius 2 is 1.53 bits per heavy atom. The van der Waals surface area contributed by atoms with Crippen molar-refractivity contribution in [2.24, 2.45) is 0 Å². The summed E-state index contributed by atoms with van der Waals surface area (Å²) in [6, 6.07) is 20.3. The van der Waals surface area contributed by atoms with Gasteiger partial charge < -0.3 is 29.7 Å². The number of anilines is 1. The Hall–Kier alpha value is -4.57. The number of carbonyl (C=O) groups excluding carboxylic acids is 2. The molecule has 3 aromatic rings. The molecule has 3 fully saturated rings. The molecule has 4 unspecified atom stereocenters. The second-order valence-corrected chi connectivity index (χ2v) is 13.0. The van der Waals surface area contributed by atoms with Gasteiger partial charge in [0.1, 0.15) is 6.04 Å². The highest BCUT2D eigenvalue weighted by Crippen LogP contribution is 2.38. The molecule has 3 saturated heterocycles. The summed E-state index contributed by atoms with van der Waals surface area (Å²) in [5.74, 6) is -2.62. The number of hydrogen-bond donors (Lipinski definition) is 2. The van der Waals surface area contributed by atoms with Crippen LogP contribution >= 0.6 is 0 Å². The van der Waals surface area contributed by atoms with Crippen molar-refractivity contribution in [3.8, 4) is 0 Å². The smallest absolute Gasteiger partial charge is 0.392 e. The molecule has 2 amide bonds. The molecular weight excluding hydrogens is 671 g/mol. The summed E-state index contributed by atoms with van der Waals surface area (Å²) in [7, 11) is 0. The molecule has 272 valence electrons. The molecule has 3 aromatic carbocycles. The molecule has 12 nitrogen and oxygen atoms in total. The number of nitro groups is 1. The third-order valence-electron chi connectivity index (χ3n) is 9.65. The number of piperazine rings is 1. The molecule has 15 heteroatoms. The monoisotopic (exact) mass is 711 g/mol. The van der Waals surface area contributed by atoms with Crippen LogP contribution in [0.3, 0.4) is 0 Å². The molecular formula is C36H40F3N5O7. The van der Waals surface area contributed by atoms with Crippen LogP contribution < -0.4 is 10.2 Å². The zero-order valence-corrected chi connectivity index (χ0v) is 27.8. The highest BCUT2D eigenvalue weighted by molar-refractivity contribution is 5.90. The van der Waals surface area contributed by atoms with Crippen LogP contribution in [0.2, 0.25) is 0 Å². The zero-order valence-electron chi connectivity index (χ0n) is 27.8. The lowest BCUT2D eigenvalue weighted by atomic mass is 9.99. The highest BCUT2D eigenvalue weighted by atomic mass is 19.4. The Morgan fingerprint density at radius 3 is 2.16 bits per heavy atom. The van der Waals surface area contributed by atoms with Gasteiger partial charge in [-0.05, 0) is 41.7 Å². The molecule has 3 heterocycles. The number of amides is 2. The Bertz CT molecular complexity index is 1670. The van der Waals surface area contributed by atoms with Gasteiger partial charge in [-0.25, -0.2) is 0 Å². The fourth-order valence-corrected chi connectivity index (χ4v) is 6.84. The number of alkyl halides is 3. The number of likely N-dealkylation sites (tertiary alicyclic amines) is 1. The summed E-state index contributed by atoms with van der Waals surface area (Å²) in [4.78, 5) is 40.3. The van der Waals surface area contributed by atoms with Crippen LogP contribution in [-0.2, 0) is 32.2 Å². The maximum Gasteiger partial charge on any atom is 0.471 e. The molecule has 0 radical (unpaired) electrons. The van der Waals surface area contributed by atoms with Gasteiger partial charge in [0.15, 0.2) is 6.29 Å². The topological polar surface area (TPSA) is 138 Å². The average Bonchev–Trinajstić information content (AvgIpc) is 3.64. The van der Waals surface area contributed by atoms with Crippen molar-refractivity contribution in [2.75, 3.05) is 44.2 Å². The van der Waals surface area contributed by atoms with Crippen molar-refractivity contribution < 1.29 is 42.3 Å². The number of carbonyl (C=O) groups is 2. The first-order valence-corrected chi connectivity index (χ1v) is 16.9. The summed E-state index contributed by atoms with van der Waals surface area (Å²) in [6.45, 7) is 3.63. The van der Waals surface area contributed by atoms with Gasteiger partial charge in [0.25, 0.3) is 5.69 Å². The maximum absolute atomic E-state index is 13.0. The van der Waals surface area contributed by atoms with Crippen molar-refractivity contribution in [1.29, 1.82) is 0 Å². The average molecular weight is 712 g/mol. The van der Waals surface area contributed by atoms with Crippen molar-refractivity contribution in [2.45, 2.75) is 63.1 Å². The number of aliphatic hydroxyl groups excluding tert-OH is 1. The zero-order chi connectivity index (χ0) is 36.1. The molecule has 0 saturated carbocycles. The fourth-order valence-electron chi connectivity index (χ4n) is 6.84. The van der Waals surface area contributed by atoms with Crippen molar-refractivity contribution in [1.82, 2.24) is 15.1 Å². The summed E-state index contributed by atoms with van der Waals surface area (Å²) in [6.07, 6.45) is -5.09. The normalized spacial score (nSPS) is 22.9. The number of aliphatic hydroxyl groups is 1. The van der Waals surface area contributed by atoms with Crippen LogP contribution in [0.5, 0.6) is 0 Å². The predicted octanol–water partition coefficient (Wildman–Crippen LogP) is 4.62. The Balaban J connectivity index is 1.08. The lowest BCUT2D eigenvalue weighted by Gasteiger charge is -2.41. The lowest BCUT2D eigenvalue weighted by molar-refractivity contribution is -0.384. The minimum atomic E-state index is -5.03. The van der Waals surface area contributed by atoms with Gasteiger partial charge in [-0.2, -0.15) is 13.2 Å². The van der Waals surface area contributed by atoms with E-state index in [1.807, 2.05) is 36.4 Å². The van der Waals surface area contributed by atoms with Gasteiger partial charge in [0.2, 0.25) is 5.91 Å². The number of nitro benzene ring substituents is 1. The second-order valence-electron chi connectivity index (χ2n) is 13.0. The minimum absolute atomic E-state index is 0.0583. The van der Waals surface area contributed by atoms with Crippen LogP contribution in [-0.4, -0.2) is 89.2 Å². The molecule has 0 bridgehead atoms. The van der Waals surface area contributed by atoms with Gasteiger partial charge in [-0.1, -0.05) is 48.5 Å². The van der Waals surface area contributed by atoms with E-state index in [-0.39, 0.29) is 44.0 Å². The molecule has 2 N–H and O–H groups in total. The van der Waals surface area contributed by atoms with Gasteiger partial charge in [-0.3, -0.25) is 24.6 Å². The first-order chi connectivity index (χ1) is 24.5. The number of nitrogens with one attached hydrogen (secondary N) is 1. The molecule has 6 rings (SSSR count). The number of benzene rings is 3. The SMILES string of the molecule is O=C(NCc1ccc(C2OC(CN3CCN(c4ccc([N+](=O)[O-])cc4)CC3)CC(c3ccc(CO)cc3)O2)cc1)C1CCCN1C(=O)C(F)(F)F. The quantitative estimate of drug-likeness (QED) is 0.228. The third-order valence-corrected chi connectivity index (χ3v) is 9.65. The van der Waals surface area contributed by atoms with Gasteiger partial charge in [0, 0.05) is 75.6 Å². The van der Waals surface area contributed by atoms with Gasteiger partial charge >= 0.3 is 12.1 Å². The van der Waals surface area contributed by atoms with E-state index in [1.54, 1.807) is 24.3 Å². The number of nitrogens with zero attached hydrogens (tertiary/aromatic N) is 4. The van der Waals surface area contributed by atoms with E-state index >= 15 is 0 Å². The summed E-state index contributed by atoms with van der Waals surface area (Å²) < 4.78 is 52.0. The Kier molecular flexibility index (Phi) is 11.2. The van der Waals surface area contributed by atoms with Crippen LogP contribution in [0.4, 0.5) is 24.5 Å². The van der Waals surface area contributed by atoms with Crippen molar-refractivity contribution in [3.05, 3.63) is 105 Å². The molecule has 3 aliphatic heterocycles. The van der Waals surface area contributed by atoms with Crippen molar-refractivity contribution >= 4 is 23.2 Å². The predicted molar refractivity (Wildman–Crippen MR) is 179 cm³/mol. The molecule has 51 heavy (non-hydrogen) atoms. The van der Waals surface area contributed by atoms with Crippen LogP contribution in [0.15, 0.2) is 72.8 Å². The standard InChI is InChI=1S/C36H40F3N5O7/c37-36(38,39)35(47)43-15-1-2-31(43)33(46)40-21-24-3-9-27(10-4-24)34-50-30(20-32(51-34)26-7-5-25(23-45)6-8-26)22-41-16-18-42(19-17-41)28-11-13-29(14-12-28)44(48)49/h3-14,30-32,34,45H,1-2,15-23H2,(H,40,46). The largest absolute Gasteiger partial charge is 0.471 e. The van der Waals surface area contributed by atoms with E-state index in [0.717, 1.165) is 48.6 Å². The molecule has 3 aliphatic rings. The van der Waals surface area contributed by atoms with Crippen LogP contribution in [0.25, 0.3) is 0 Å². The number of non-ortho nitro benzene ring substituents is 1. The van der Waals surface area contributed by atoms with E-state index < -0.39 is 35.2 Å². The number of hydrogen-bond acceptors (Lipinski definition) is 9. The maximum atomic E-state index is 13.0. The van der Waals surface area contributed by atoms with E-state index in [2.05, 4.69) is 15.1 Å². The van der Waals surface area contributed by atoms with Crippen LogP contribution in [0, 0.1) is 10.1 Å². The molecule has 0 aromatic heterocycles. The van der Waals surface area contributed by atoms with Gasteiger partial charge in [-0.15, -0.1) is 0 Å². The summed E-state index contributed by atoms with van der Waals surface area (Å²) >= 11 is 0. The Labute approximate surface area is 292 Å². The summed E-state index contributed by atoms with van der Waals surface area (Å²) in [5, 5.41) is 23.2. The number of rotatable bonds is 10. The minimum Gasteiger partial charge on any atom is -0.392 e. The van der Waals surface area contributed by atoms with E-state index in [9.17, 15) is 38.0 Å². The van der Waals surface area contributed by atoms with E-state index in [1.165, 1.54) is 12.1 Å². The Morgan fingerprint density at radius 1 is 0.882 bits per heavy atom. The van der Waals surface area contributed by atoms with E-state index in [0.29, 0.717) is 29.8 Å². The molecule has 4 atom stereocenters. The fraction of sp³-hybridized carbons (Fsp3) is 0.444.